The van der Waals surface area contributed by atoms with E-state index in [9.17, 15) is 0 Å². The van der Waals surface area contributed by atoms with Crippen molar-refractivity contribution in [3.8, 4) is 0 Å². The van der Waals surface area contributed by atoms with Crippen LogP contribution in [0.15, 0.2) is 0 Å². The second-order valence-electron chi connectivity index (χ2n) is 5.88. The van der Waals surface area contributed by atoms with Crippen LogP contribution in [-0.2, 0) is 0 Å². The van der Waals surface area contributed by atoms with E-state index in [-0.39, 0.29) is 0 Å². The molecule has 1 rings (SSSR count). The molecule has 0 saturated carbocycles. The zero-order valence-corrected chi connectivity index (χ0v) is 13.9. The Bertz CT molecular complexity index is 403. The zero-order chi connectivity index (χ0) is 14.6. The summed E-state index contributed by atoms with van der Waals surface area (Å²) in [6.45, 7) is 13.6. The highest BCUT2D eigenvalue weighted by atomic mass is 14.9. The Morgan fingerprint density at radius 2 is 1.26 bits per heavy atom. The quantitative estimate of drug-likeness (QED) is 0.705. The molecular formula is C18H31N. The number of nitrogens with one attached hydrogen (secondary N) is 1. The largest absolute Gasteiger partial charge is 0.313 e. The third-order valence-electron chi connectivity index (χ3n) is 4.85. The molecule has 0 fully saturated rings. The van der Waals surface area contributed by atoms with Gasteiger partial charge in [-0.1, -0.05) is 26.2 Å². The molecule has 1 aromatic rings. The van der Waals surface area contributed by atoms with Crippen molar-refractivity contribution in [2.24, 2.45) is 0 Å². The monoisotopic (exact) mass is 261 g/mol. The van der Waals surface area contributed by atoms with Gasteiger partial charge in [-0.2, -0.15) is 0 Å². The first-order chi connectivity index (χ1) is 8.95. The summed E-state index contributed by atoms with van der Waals surface area (Å²) in [5.41, 5.74) is 8.90. The molecule has 0 bridgehead atoms. The number of hydrogen-bond donors (Lipinski definition) is 1. The van der Waals surface area contributed by atoms with Crippen molar-refractivity contribution in [3.63, 3.8) is 0 Å². The summed E-state index contributed by atoms with van der Waals surface area (Å²) in [5, 5.41) is 3.53. The van der Waals surface area contributed by atoms with Gasteiger partial charge in [0.2, 0.25) is 0 Å². The summed E-state index contributed by atoms with van der Waals surface area (Å²) in [6.07, 6.45) is 5.18. The first-order valence-electron chi connectivity index (χ1n) is 7.69. The molecule has 0 aliphatic heterocycles. The van der Waals surface area contributed by atoms with Gasteiger partial charge in [0.15, 0.2) is 0 Å². The second kappa shape index (κ2) is 7.09. The molecule has 1 N–H and O–H groups in total. The highest BCUT2D eigenvalue weighted by molar-refractivity contribution is 5.50. The van der Waals surface area contributed by atoms with Crippen molar-refractivity contribution in [2.45, 2.75) is 73.3 Å². The van der Waals surface area contributed by atoms with Crippen molar-refractivity contribution in [1.29, 1.82) is 0 Å². The first-order valence-corrected chi connectivity index (χ1v) is 7.69. The number of unbranched alkanes of at least 4 members (excludes halogenated alkanes) is 2. The van der Waals surface area contributed by atoms with E-state index in [0.717, 1.165) is 0 Å². The highest BCUT2D eigenvalue weighted by Crippen LogP contribution is 2.32. The van der Waals surface area contributed by atoms with Crippen LogP contribution >= 0.6 is 0 Å². The van der Waals surface area contributed by atoms with Crippen LogP contribution in [0.2, 0.25) is 0 Å². The van der Waals surface area contributed by atoms with Crippen LogP contribution < -0.4 is 5.32 Å². The minimum Gasteiger partial charge on any atom is -0.313 e. The molecule has 108 valence electrons. The zero-order valence-electron chi connectivity index (χ0n) is 13.9. The normalized spacial score (nSPS) is 12.8. The molecule has 0 aliphatic rings. The molecule has 19 heavy (non-hydrogen) atoms. The Balaban J connectivity index is 3.16. The smallest absolute Gasteiger partial charge is 0.0322 e. The fourth-order valence-electron chi connectivity index (χ4n) is 3.08. The molecular weight excluding hydrogens is 230 g/mol. The molecule has 1 atom stereocenters. The van der Waals surface area contributed by atoms with E-state index in [0.29, 0.717) is 6.04 Å². The van der Waals surface area contributed by atoms with E-state index < -0.39 is 0 Å². The van der Waals surface area contributed by atoms with E-state index >= 15 is 0 Å². The first kappa shape index (κ1) is 16.2. The second-order valence-corrected chi connectivity index (χ2v) is 5.88. The Labute approximate surface area is 119 Å². The van der Waals surface area contributed by atoms with Gasteiger partial charge in [0.05, 0.1) is 0 Å². The van der Waals surface area contributed by atoms with Gasteiger partial charge in [0.1, 0.15) is 0 Å². The van der Waals surface area contributed by atoms with Crippen molar-refractivity contribution in [2.75, 3.05) is 7.05 Å². The SMILES string of the molecule is CCCCCC(NC)c1c(C)c(C)c(C)c(C)c1C. The van der Waals surface area contributed by atoms with Crippen LogP contribution in [0, 0.1) is 34.6 Å². The topological polar surface area (TPSA) is 12.0 Å². The van der Waals surface area contributed by atoms with Crippen LogP contribution in [0.1, 0.15) is 72.0 Å². The molecule has 0 amide bonds. The van der Waals surface area contributed by atoms with Crippen LogP contribution in [0.3, 0.4) is 0 Å². The van der Waals surface area contributed by atoms with Gasteiger partial charge < -0.3 is 5.32 Å². The minimum absolute atomic E-state index is 0.504. The summed E-state index contributed by atoms with van der Waals surface area (Å²) >= 11 is 0. The lowest BCUT2D eigenvalue weighted by atomic mass is 9.85. The van der Waals surface area contributed by atoms with Gasteiger partial charge in [-0.25, -0.2) is 0 Å². The Hall–Kier alpha value is -0.820. The Kier molecular flexibility index (Phi) is 6.06. The summed E-state index contributed by atoms with van der Waals surface area (Å²) in [7, 11) is 2.10. The lowest BCUT2D eigenvalue weighted by molar-refractivity contribution is 0.507. The van der Waals surface area contributed by atoms with Crippen LogP contribution in [-0.4, -0.2) is 7.05 Å². The maximum absolute atomic E-state index is 3.53. The number of benzene rings is 1. The van der Waals surface area contributed by atoms with Crippen LogP contribution in [0.25, 0.3) is 0 Å². The van der Waals surface area contributed by atoms with Gasteiger partial charge in [-0.05, 0) is 81.5 Å². The molecule has 0 aliphatic carbocycles. The average molecular weight is 261 g/mol. The molecule has 0 aromatic heterocycles. The van der Waals surface area contributed by atoms with E-state index in [1.165, 1.54) is 53.5 Å². The molecule has 1 unspecified atom stereocenters. The summed E-state index contributed by atoms with van der Waals surface area (Å²) in [6, 6.07) is 0.504. The molecule has 1 heteroatoms. The maximum atomic E-state index is 3.53. The predicted octanol–water partition coefficient (Wildman–Crippen LogP) is 5.07. The van der Waals surface area contributed by atoms with Crippen molar-refractivity contribution < 1.29 is 0 Å². The van der Waals surface area contributed by atoms with E-state index in [4.69, 9.17) is 0 Å². The van der Waals surface area contributed by atoms with E-state index in [1.54, 1.807) is 5.56 Å². The third-order valence-corrected chi connectivity index (χ3v) is 4.85. The summed E-state index contributed by atoms with van der Waals surface area (Å²) in [5.74, 6) is 0. The van der Waals surface area contributed by atoms with Gasteiger partial charge >= 0.3 is 0 Å². The van der Waals surface area contributed by atoms with Crippen molar-refractivity contribution >= 4 is 0 Å². The van der Waals surface area contributed by atoms with Gasteiger partial charge in [-0.15, -0.1) is 0 Å². The maximum Gasteiger partial charge on any atom is 0.0322 e. The summed E-state index contributed by atoms with van der Waals surface area (Å²) in [4.78, 5) is 0. The fraction of sp³-hybridized carbons (Fsp3) is 0.667. The van der Waals surface area contributed by atoms with Gasteiger partial charge in [0.25, 0.3) is 0 Å². The van der Waals surface area contributed by atoms with Crippen molar-refractivity contribution in [1.82, 2.24) is 5.32 Å². The number of rotatable bonds is 6. The standard InChI is InChI=1S/C18H31N/c1-8-9-10-11-17(19-7)18-15(5)13(3)12(2)14(4)16(18)6/h17,19H,8-11H2,1-7H3. The van der Waals surface area contributed by atoms with Crippen LogP contribution in [0.4, 0.5) is 0 Å². The highest BCUT2D eigenvalue weighted by Gasteiger charge is 2.18. The lowest BCUT2D eigenvalue weighted by Crippen LogP contribution is -2.20. The van der Waals surface area contributed by atoms with Crippen LogP contribution in [0.5, 0.6) is 0 Å². The predicted molar refractivity (Wildman–Crippen MR) is 86.1 cm³/mol. The van der Waals surface area contributed by atoms with Gasteiger partial charge in [-0.3, -0.25) is 0 Å². The van der Waals surface area contributed by atoms with E-state index in [1.807, 2.05) is 0 Å². The third kappa shape index (κ3) is 3.39. The average Bonchev–Trinajstić information content (AvgIpc) is 2.41. The minimum atomic E-state index is 0.504. The molecule has 1 nitrogen and oxygen atoms in total. The molecule has 0 heterocycles. The Morgan fingerprint density at radius 3 is 1.68 bits per heavy atom. The lowest BCUT2D eigenvalue weighted by Gasteiger charge is -2.25. The summed E-state index contributed by atoms with van der Waals surface area (Å²) < 4.78 is 0. The molecule has 0 radical (unpaired) electrons. The fourth-order valence-corrected chi connectivity index (χ4v) is 3.08. The molecule has 0 spiro atoms. The van der Waals surface area contributed by atoms with Crippen molar-refractivity contribution in [3.05, 3.63) is 33.4 Å². The van der Waals surface area contributed by atoms with E-state index in [2.05, 4.69) is 53.9 Å². The Morgan fingerprint density at radius 1 is 0.789 bits per heavy atom. The number of hydrogen-bond acceptors (Lipinski definition) is 1. The molecule has 0 saturated heterocycles. The van der Waals surface area contributed by atoms with Gasteiger partial charge in [0, 0.05) is 6.04 Å². The molecule has 1 aromatic carbocycles.